The van der Waals surface area contributed by atoms with Crippen LogP contribution in [0.15, 0.2) is 121 Å². The molecule has 0 aliphatic rings. The Bertz CT molecular complexity index is 1690. The number of ether oxygens (including phenoxy) is 1. The molecule has 2 N–H and O–H groups in total. The van der Waals surface area contributed by atoms with Gasteiger partial charge in [0, 0.05) is 16.5 Å². The van der Waals surface area contributed by atoms with E-state index >= 15 is 0 Å². The van der Waals surface area contributed by atoms with E-state index in [1.54, 1.807) is 48.5 Å². The van der Waals surface area contributed by atoms with Gasteiger partial charge in [-0.15, -0.1) is 0 Å². The van der Waals surface area contributed by atoms with Crippen molar-refractivity contribution < 1.29 is 137 Å². The summed E-state index contributed by atoms with van der Waals surface area (Å²) in [4.78, 5) is 35.2. The van der Waals surface area contributed by atoms with E-state index in [9.17, 15) is 29.4 Å². The largest absolute Gasteiger partial charge is 1.00 e. The van der Waals surface area contributed by atoms with Crippen LogP contribution in [0.25, 0.3) is 0 Å². The Morgan fingerprint density at radius 2 is 1.12 bits per heavy atom. The number of phenols is 2. The van der Waals surface area contributed by atoms with E-state index in [0.717, 1.165) is 28.8 Å². The molecule has 0 saturated carbocycles. The molecule has 0 fully saturated rings. The van der Waals surface area contributed by atoms with Crippen molar-refractivity contribution in [1.29, 1.82) is 0 Å². The Hall–Kier alpha value is -1.41. The average Bonchev–Trinajstić information content (AvgIpc) is 2.97. The minimum absolute atomic E-state index is 0. The third-order valence-corrected chi connectivity index (χ3v) is 8.03. The van der Waals surface area contributed by atoms with Gasteiger partial charge in [0.05, 0.1) is 0 Å². The summed E-state index contributed by atoms with van der Waals surface area (Å²) in [6.45, 7) is 2.06. The number of carbonyl (C=O) groups is 1. The maximum Gasteiger partial charge on any atom is 1.00 e. The minimum atomic E-state index is -4.88. The molecule has 0 radical (unpaired) electrons. The van der Waals surface area contributed by atoms with Crippen LogP contribution in [-0.4, -0.2) is 16.0 Å². The summed E-state index contributed by atoms with van der Waals surface area (Å²) in [5.74, 6) is 1.07. The molecule has 7 nitrogen and oxygen atoms in total. The standard InChI is InChI=1S/C33H27O7P.2K/c1-33(24-9-13-27(34)14-10-24,25-11-15-28(35)16-12-25)26-3-2-4-30(21-26)40-29-17-5-22(6-18-29)32(36)23-7-19-31(20-8-23)41(37,38)39;;/h2-21,34-35H,1H3,(H2,37,38,39);;/q;2*+1/p-2. The molecule has 5 aromatic carbocycles. The summed E-state index contributed by atoms with van der Waals surface area (Å²) < 4.78 is 17.3. The van der Waals surface area contributed by atoms with Gasteiger partial charge < -0.3 is 29.3 Å². The molecule has 0 aliphatic heterocycles. The second-order valence-electron chi connectivity index (χ2n) is 9.75. The molecule has 0 atom stereocenters. The fourth-order valence-electron chi connectivity index (χ4n) is 4.73. The monoisotopic (exact) mass is 642 g/mol. The van der Waals surface area contributed by atoms with Crippen LogP contribution in [0.5, 0.6) is 23.0 Å². The van der Waals surface area contributed by atoms with Gasteiger partial charge in [0.15, 0.2) is 5.78 Å². The van der Waals surface area contributed by atoms with Crippen LogP contribution < -0.4 is 123 Å². The zero-order valence-electron chi connectivity index (χ0n) is 23.9. The Morgan fingerprint density at radius 3 is 1.58 bits per heavy atom. The molecular weight excluding hydrogens is 618 g/mol. The van der Waals surface area contributed by atoms with E-state index in [-0.39, 0.29) is 131 Å². The van der Waals surface area contributed by atoms with Crippen LogP contribution in [0, 0.1) is 0 Å². The summed E-state index contributed by atoms with van der Waals surface area (Å²) in [5, 5.41) is 19.4. The maximum atomic E-state index is 12.8. The van der Waals surface area contributed by atoms with Crippen molar-refractivity contribution in [1.82, 2.24) is 0 Å². The van der Waals surface area contributed by atoms with Crippen molar-refractivity contribution in [3.05, 3.63) is 149 Å². The average molecular weight is 643 g/mol. The molecule has 0 saturated heterocycles. The molecule has 0 aromatic heterocycles. The number of hydrogen-bond donors (Lipinski definition) is 2. The fourth-order valence-corrected chi connectivity index (χ4v) is 5.25. The maximum absolute atomic E-state index is 12.8. The third-order valence-electron chi connectivity index (χ3n) is 7.10. The van der Waals surface area contributed by atoms with Crippen LogP contribution in [0.3, 0.4) is 0 Å². The molecule has 0 spiro atoms. The molecular formula is C33H25K2O7P. The van der Waals surface area contributed by atoms with Crippen LogP contribution in [-0.2, 0) is 9.98 Å². The Balaban J connectivity index is 0.00000253. The van der Waals surface area contributed by atoms with Crippen molar-refractivity contribution >= 4 is 18.7 Å². The molecule has 0 aliphatic carbocycles. The first-order chi connectivity index (χ1) is 19.5. The molecule has 10 heteroatoms. The number of aromatic hydroxyl groups is 2. The van der Waals surface area contributed by atoms with E-state index < -0.39 is 13.0 Å². The summed E-state index contributed by atoms with van der Waals surface area (Å²) >= 11 is 0. The van der Waals surface area contributed by atoms with Crippen molar-refractivity contribution in [3.8, 4) is 23.0 Å². The molecule has 0 unspecified atom stereocenters. The molecule has 0 amide bonds. The Kier molecular flexibility index (Phi) is 12.8. The molecule has 206 valence electrons. The van der Waals surface area contributed by atoms with E-state index in [4.69, 9.17) is 4.74 Å². The van der Waals surface area contributed by atoms with E-state index in [1.165, 1.54) is 12.1 Å². The molecule has 5 aromatic rings. The van der Waals surface area contributed by atoms with Crippen molar-refractivity contribution in [2.45, 2.75) is 12.3 Å². The van der Waals surface area contributed by atoms with Gasteiger partial charge in [-0.25, -0.2) is 0 Å². The summed E-state index contributed by atoms with van der Waals surface area (Å²) in [7, 11) is -4.88. The molecule has 0 bridgehead atoms. The quantitative estimate of drug-likeness (QED) is 0.0964. The van der Waals surface area contributed by atoms with Gasteiger partial charge in [0.25, 0.3) is 0 Å². The van der Waals surface area contributed by atoms with Crippen LogP contribution >= 0.6 is 7.60 Å². The molecule has 43 heavy (non-hydrogen) atoms. The van der Waals surface area contributed by atoms with Gasteiger partial charge in [-0.1, -0.05) is 60.7 Å². The number of phenolic OH excluding ortho intramolecular Hbond substituents is 2. The van der Waals surface area contributed by atoms with Gasteiger partial charge in [0.2, 0.25) is 0 Å². The predicted molar refractivity (Wildman–Crippen MR) is 152 cm³/mol. The Morgan fingerprint density at radius 1 is 0.651 bits per heavy atom. The van der Waals surface area contributed by atoms with Gasteiger partial charge in [-0.3, -0.25) is 4.79 Å². The SMILES string of the molecule is CC(c1ccc(O)cc1)(c1ccc(O)cc1)c1cccc(Oc2ccc(C(=O)c3ccc(P(=O)([O-])[O-])cc3)cc2)c1.[K+].[K+]. The van der Waals surface area contributed by atoms with Crippen molar-refractivity contribution in [3.63, 3.8) is 0 Å². The second kappa shape index (κ2) is 15.3. The smallest absolute Gasteiger partial charge is 0.807 e. The van der Waals surface area contributed by atoms with E-state index in [1.807, 2.05) is 48.5 Å². The Labute approximate surface area is 335 Å². The first kappa shape index (κ1) is 36.1. The fraction of sp³-hybridized carbons (Fsp3) is 0.0606. The first-order valence-electron chi connectivity index (χ1n) is 12.7. The summed E-state index contributed by atoms with van der Waals surface area (Å²) in [6.07, 6.45) is 0. The van der Waals surface area contributed by atoms with Crippen LogP contribution in [0.2, 0.25) is 0 Å². The zero-order valence-corrected chi connectivity index (χ0v) is 31.1. The zero-order chi connectivity index (χ0) is 29.2. The summed E-state index contributed by atoms with van der Waals surface area (Å²) in [5.41, 5.74) is 2.77. The minimum Gasteiger partial charge on any atom is -0.807 e. The number of ketones is 1. The van der Waals surface area contributed by atoms with Crippen molar-refractivity contribution in [2.24, 2.45) is 0 Å². The topological polar surface area (TPSA) is 130 Å². The van der Waals surface area contributed by atoms with Crippen molar-refractivity contribution in [2.75, 3.05) is 0 Å². The van der Waals surface area contributed by atoms with Crippen LogP contribution in [0.4, 0.5) is 0 Å². The van der Waals surface area contributed by atoms with E-state index in [0.29, 0.717) is 17.1 Å². The van der Waals surface area contributed by atoms with E-state index in [2.05, 4.69) is 6.92 Å². The molecule has 0 heterocycles. The normalized spacial score (nSPS) is 11.1. The first-order valence-corrected chi connectivity index (χ1v) is 14.2. The van der Waals surface area contributed by atoms with Gasteiger partial charge in [-0.05, 0) is 97.2 Å². The number of rotatable bonds is 8. The van der Waals surface area contributed by atoms with Gasteiger partial charge in [-0.2, -0.15) is 0 Å². The second-order valence-corrected chi connectivity index (χ2v) is 11.3. The number of benzene rings is 5. The molecule has 5 rings (SSSR count). The predicted octanol–water partition coefficient (Wildman–Crippen LogP) is -0.978. The van der Waals surface area contributed by atoms with Gasteiger partial charge >= 0.3 is 103 Å². The van der Waals surface area contributed by atoms with Crippen LogP contribution in [0.1, 0.15) is 39.5 Å². The third kappa shape index (κ3) is 8.45. The number of hydrogen-bond acceptors (Lipinski definition) is 7. The van der Waals surface area contributed by atoms with Gasteiger partial charge in [0.1, 0.15) is 23.0 Å². The summed E-state index contributed by atoms with van der Waals surface area (Å²) in [6, 6.07) is 33.0. The number of carbonyl (C=O) groups excluding carboxylic acids is 1.